The number of aliphatic imine (C=N–C) groups is 1. The third-order valence-electron chi connectivity index (χ3n) is 4.44. The summed E-state index contributed by atoms with van der Waals surface area (Å²) in [6.45, 7) is 1.12. The molecule has 2 aromatic carbocycles. The fourth-order valence-electron chi connectivity index (χ4n) is 3.11. The minimum absolute atomic E-state index is 0.162. The number of hydrogen-bond donors (Lipinski definition) is 2. The van der Waals surface area contributed by atoms with Crippen molar-refractivity contribution in [2.75, 3.05) is 26.3 Å². The Hall–Kier alpha value is -2.78. The normalized spacial score (nSPS) is 17.5. The van der Waals surface area contributed by atoms with Crippen LogP contribution in [0.25, 0.3) is 0 Å². The molecule has 0 atom stereocenters. The van der Waals surface area contributed by atoms with Crippen LogP contribution in [0.2, 0.25) is 5.02 Å². The Kier molecular flexibility index (Phi) is 5.33. The summed E-state index contributed by atoms with van der Waals surface area (Å²) in [5, 5.41) is 3.24. The molecule has 2 heterocycles. The maximum Gasteiger partial charge on any atom is 0.263 e. The van der Waals surface area contributed by atoms with Crippen LogP contribution in [0.15, 0.2) is 46.3 Å². The number of ether oxygens (including phenoxy) is 2. The number of hydrogen-bond acceptors (Lipinski definition) is 6. The topological polar surface area (TPSA) is 106 Å². The van der Waals surface area contributed by atoms with Gasteiger partial charge in [-0.1, -0.05) is 23.7 Å². The fraction of sp³-hybridized carbons (Fsp3) is 0.263. The van der Waals surface area contributed by atoms with Crippen LogP contribution in [0.5, 0.6) is 11.5 Å². The van der Waals surface area contributed by atoms with Crippen LogP contribution in [0.3, 0.4) is 0 Å². The number of carbonyl (C=O) groups is 1. The summed E-state index contributed by atoms with van der Waals surface area (Å²) in [7, 11) is -3.61. The van der Waals surface area contributed by atoms with Gasteiger partial charge in [0, 0.05) is 12.1 Å². The number of carbonyl (C=O) groups excluding carboxylic acids is 1. The van der Waals surface area contributed by atoms with E-state index >= 15 is 0 Å². The van der Waals surface area contributed by atoms with Gasteiger partial charge in [-0.2, -0.15) is 0 Å². The van der Waals surface area contributed by atoms with Crippen molar-refractivity contribution in [3.63, 3.8) is 0 Å². The molecule has 0 saturated heterocycles. The van der Waals surface area contributed by atoms with Gasteiger partial charge in [0.2, 0.25) is 5.91 Å². The van der Waals surface area contributed by atoms with E-state index in [1.54, 1.807) is 24.3 Å². The fourth-order valence-corrected chi connectivity index (χ4v) is 4.65. The lowest BCUT2D eigenvalue weighted by atomic mass is 10.1. The Balaban J connectivity index is 1.34. The minimum Gasteiger partial charge on any atom is -0.486 e. The minimum atomic E-state index is -3.61. The van der Waals surface area contributed by atoms with Crippen LogP contribution in [0.4, 0.5) is 0 Å². The van der Waals surface area contributed by atoms with Gasteiger partial charge in [-0.3, -0.25) is 14.5 Å². The van der Waals surface area contributed by atoms with E-state index < -0.39 is 10.0 Å². The van der Waals surface area contributed by atoms with Gasteiger partial charge in [-0.15, -0.1) is 0 Å². The second kappa shape index (κ2) is 7.92. The first-order chi connectivity index (χ1) is 13.9. The zero-order chi connectivity index (χ0) is 20.4. The first-order valence-corrected chi connectivity index (χ1v) is 10.8. The van der Waals surface area contributed by atoms with Crippen molar-refractivity contribution in [2.24, 2.45) is 4.99 Å². The summed E-state index contributed by atoms with van der Waals surface area (Å²) in [4.78, 5) is 16.4. The molecule has 0 bridgehead atoms. The molecular formula is C19H18ClN3O5S. The Morgan fingerprint density at radius 3 is 2.86 bits per heavy atom. The first-order valence-electron chi connectivity index (χ1n) is 8.95. The lowest BCUT2D eigenvalue weighted by Crippen LogP contribution is -2.29. The third-order valence-corrected chi connectivity index (χ3v) is 6.11. The van der Waals surface area contributed by atoms with Crippen LogP contribution in [-0.2, 0) is 21.2 Å². The maximum absolute atomic E-state index is 12.1. The molecule has 0 unspecified atom stereocenters. The summed E-state index contributed by atoms with van der Waals surface area (Å²) >= 11 is 6.21. The van der Waals surface area contributed by atoms with E-state index in [2.05, 4.69) is 15.0 Å². The SMILES string of the molecule is O=C(CN=C1NS(=O)(=O)c2ccccc21)NCCc1cc(Cl)c2c(c1)OCCO2. The molecule has 29 heavy (non-hydrogen) atoms. The van der Waals surface area contributed by atoms with Crippen molar-refractivity contribution in [3.05, 3.63) is 52.5 Å². The molecule has 0 saturated carbocycles. The van der Waals surface area contributed by atoms with E-state index in [1.165, 1.54) is 6.07 Å². The summed E-state index contributed by atoms with van der Waals surface area (Å²) in [6, 6.07) is 10.1. The standard InChI is InChI=1S/C19H18ClN3O5S/c20-14-9-12(10-15-18(14)28-8-7-27-15)5-6-21-17(24)11-22-19-13-3-1-2-4-16(13)29(25,26)23-19/h1-4,9-10H,5-8,11H2,(H,21,24)(H,22,23). The van der Waals surface area contributed by atoms with Gasteiger partial charge < -0.3 is 14.8 Å². The average molecular weight is 436 g/mol. The van der Waals surface area contributed by atoms with Crippen molar-refractivity contribution >= 4 is 33.4 Å². The zero-order valence-electron chi connectivity index (χ0n) is 15.3. The van der Waals surface area contributed by atoms with Crippen LogP contribution in [0.1, 0.15) is 11.1 Å². The number of halogens is 1. The number of sulfonamides is 1. The van der Waals surface area contributed by atoms with Gasteiger partial charge >= 0.3 is 0 Å². The molecule has 4 rings (SSSR count). The monoisotopic (exact) mass is 435 g/mol. The highest BCUT2D eigenvalue weighted by molar-refractivity contribution is 7.90. The number of amidine groups is 1. The summed E-state index contributed by atoms with van der Waals surface area (Å²) < 4.78 is 37.5. The quantitative estimate of drug-likeness (QED) is 0.740. The second-order valence-electron chi connectivity index (χ2n) is 6.47. The highest BCUT2D eigenvalue weighted by atomic mass is 35.5. The third kappa shape index (κ3) is 4.15. The van der Waals surface area contributed by atoms with E-state index in [0.717, 1.165) is 5.56 Å². The zero-order valence-corrected chi connectivity index (χ0v) is 16.8. The predicted octanol–water partition coefficient (Wildman–Crippen LogP) is 1.51. The summed E-state index contributed by atoms with van der Waals surface area (Å²) in [6.07, 6.45) is 0.550. The molecule has 2 aliphatic rings. The molecule has 10 heteroatoms. The van der Waals surface area contributed by atoms with E-state index in [0.29, 0.717) is 48.3 Å². The van der Waals surface area contributed by atoms with Gasteiger partial charge in [0.05, 0.1) is 9.92 Å². The molecule has 0 aromatic heterocycles. The number of benzene rings is 2. The molecule has 2 N–H and O–H groups in total. The van der Waals surface area contributed by atoms with E-state index in [1.807, 2.05) is 6.07 Å². The molecule has 0 radical (unpaired) electrons. The smallest absolute Gasteiger partial charge is 0.263 e. The lowest BCUT2D eigenvalue weighted by molar-refractivity contribution is -0.119. The van der Waals surface area contributed by atoms with Crippen LogP contribution in [-0.4, -0.2) is 46.5 Å². The van der Waals surface area contributed by atoms with Gasteiger partial charge in [0.1, 0.15) is 25.6 Å². The molecule has 2 aromatic rings. The number of amides is 1. The van der Waals surface area contributed by atoms with Crippen LogP contribution in [0, 0.1) is 0 Å². The van der Waals surface area contributed by atoms with E-state index in [4.69, 9.17) is 21.1 Å². The lowest BCUT2D eigenvalue weighted by Gasteiger charge is -2.20. The van der Waals surface area contributed by atoms with Gasteiger partial charge in [-0.05, 0) is 36.2 Å². The van der Waals surface area contributed by atoms with E-state index in [9.17, 15) is 13.2 Å². The molecule has 0 fully saturated rings. The summed E-state index contributed by atoms with van der Waals surface area (Å²) in [5.41, 5.74) is 1.37. The Bertz CT molecular complexity index is 1100. The first kappa shape index (κ1) is 19.5. The average Bonchev–Trinajstić information content (AvgIpc) is 2.97. The molecular weight excluding hydrogens is 418 g/mol. The maximum atomic E-state index is 12.1. The van der Waals surface area contributed by atoms with Crippen LogP contribution < -0.4 is 19.5 Å². The van der Waals surface area contributed by atoms with Crippen molar-refractivity contribution in [3.8, 4) is 11.5 Å². The largest absolute Gasteiger partial charge is 0.486 e. The highest BCUT2D eigenvalue weighted by Crippen LogP contribution is 2.38. The Morgan fingerprint density at radius 1 is 1.21 bits per heavy atom. The Morgan fingerprint density at radius 2 is 2.00 bits per heavy atom. The molecule has 0 spiro atoms. The number of fused-ring (bicyclic) bond motifs is 2. The number of nitrogens with zero attached hydrogens (tertiary/aromatic N) is 1. The number of rotatable bonds is 5. The van der Waals surface area contributed by atoms with Gasteiger partial charge in [0.25, 0.3) is 10.0 Å². The van der Waals surface area contributed by atoms with Crippen molar-refractivity contribution < 1.29 is 22.7 Å². The molecule has 1 amide bonds. The van der Waals surface area contributed by atoms with Crippen molar-refractivity contribution in [1.82, 2.24) is 10.0 Å². The van der Waals surface area contributed by atoms with Crippen LogP contribution >= 0.6 is 11.6 Å². The Labute approximate surface area is 172 Å². The van der Waals surface area contributed by atoms with Crippen molar-refractivity contribution in [1.29, 1.82) is 0 Å². The summed E-state index contributed by atoms with van der Waals surface area (Å²) in [5.74, 6) is 1.00. The highest BCUT2D eigenvalue weighted by Gasteiger charge is 2.30. The second-order valence-corrected chi connectivity index (χ2v) is 8.53. The van der Waals surface area contributed by atoms with Gasteiger partial charge in [-0.25, -0.2) is 8.42 Å². The van der Waals surface area contributed by atoms with Gasteiger partial charge in [0.15, 0.2) is 11.5 Å². The molecule has 8 nitrogen and oxygen atoms in total. The molecule has 152 valence electrons. The predicted molar refractivity (Wildman–Crippen MR) is 107 cm³/mol. The number of nitrogens with one attached hydrogen (secondary N) is 2. The molecule has 0 aliphatic carbocycles. The van der Waals surface area contributed by atoms with Crippen molar-refractivity contribution in [2.45, 2.75) is 11.3 Å². The van der Waals surface area contributed by atoms with E-state index in [-0.39, 0.29) is 23.2 Å². The molecule has 2 aliphatic heterocycles.